The SMILES string of the molecule is CCCCCCCC(F)C(F)(F)C(F)(F)S(=O)(=O)[O-].[K+]. The van der Waals surface area contributed by atoms with Crippen LogP contribution in [0.4, 0.5) is 22.0 Å². The topological polar surface area (TPSA) is 57.2 Å². The maximum Gasteiger partial charge on any atom is 1.00 e. The number of alkyl halides is 5. The van der Waals surface area contributed by atoms with Gasteiger partial charge in [-0.2, -0.15) is 17.6 Å². The fourth-order valence-electron chi connectivity index (χ4n) is 1.46. The van der Waals surface area contributed by atoms with Crippen LogP contribution in [0.2, 0.25) is 0 Å². The van der Waals surface area contributed by atoms with E-state index in [2.05, 4.69) is 0 Å². The summed E-state index contributed by atoms with van der Waals surface area (Å²) < 4.78 is 94.6. The minimum absolute atomic E-state index is 0. The number of halogens is 5. The standard InChI is InChI=1S/C10H17F5O3S.K/c1-2-3-4-5-6-7-8(11)9(12,13)10(14,15)19(16,17)18;/h8H,2-7H2,1H3,(H,16,17,18);/q;+1/p-1. The molecule has 0 fully saturated rings. The first-order valence-electron chi connectivity index (χ1n) is 5.83. The van der Waals surface area contributed by atoms with Gasteiger partial charge in [0.05, 0.1) is 0 Å². The Morgan fingerprint density at radius 2 is 1.50 bits per heavy atom. The van der Waals surface area contributed by atoms with Crippen LogP contribution in [0.15, 0.2) is 0 Å². The molecule has 0 N–H and O–H groups in total. The minimum atomic E-state index is -6.62. The van der Waals surface area contributed by atoms with Crippen molar-refractivity contribution in [3.63, 3.8) is 0 Å². The summed E-state index contributed by atoms with van der Waals surface area (Å²) in [5, 5.41) is -5.94. The van der Waals surface area contributed by atoms with E-state index in [0.717, 1.165) is 12.8 Å². The monoisotopic (exact) mass is 350 g/mol. The second kappa shape index (κ2) is 9.36. The van der Waals surface area contributed by atoms with Crippen LogP contribution in [-0.4, -0.2) is 30.3 Å². The zero-order chi connectivity index (χ0) is 15.3. The summed E-state index contributed by atoms with van der Waals surface area (Å²) in [7, 11) is -6.62. The molecule has 0 aromatic rings. The molecule has 116 valence electrons. The van der Waals surface area contributed by atoms with E-state index >= 15 is 0 Å². The first kappa shape index (κ1) is 23.5. The molecular weight excluding hydrogens is 334 g/mol. The van der Waals surface area contributed by atoms with E-state index in [1.54, 1.807) is 0 Å². The molecule has 0 amide bonds. The van der Waals surface area contributed by atoms with E-state index in [4.69, 9.17) is 0 Å². The van der Waals surface area contributed by atoms with Gasteiger partial charge in [-0.1, -0.05) is 39.0 Å². The molecular formula is C10H16F5KO3S. The van der Waals surface area contributed by atoms with E-state index < -0.39 is 33.9 Å². The molecule has 0 rings (SSSR count). The van der Waals surface area contributed by atoms with Gasteiger partial charge in [0.15, 0.2) is 16.3 Å². The van der Waals surface area contributed by atoms with E-state index in [1.165, 1.54) is 0 Å². The molecule has 0 aliphatic rings. The van der Waals surface area contributed by atoms with Gasteiger partial charge < -0.3 is 4.55 Å². The summed E-state index contributed by atoms with van der Waals surface area (Å²) in [5.41, 5.74) is 0. The summed E-state index contributed by atoms with van der Waals surface area (Å²) in [5.74, 6) is -5.52. The molecule has 0 radical (unpaired) electrons. The maximum atomic E-state index is 13.1. The van der Waals surface area contributed by atoms with Crippen molar-refractivity contribution in [3.8, 4) is 0 Å². The molecule has 3 nitrogen and oxygen atoms in total. The van der Waals surface area contributed by atoms with E-state index in [-0.39, 0.29) is 57.8 Å². The number of hydrogen-bond acceptors (Lipinski definition) is 3. The van der Waals surface area contributed by atoms with Crippen molar-refractivity contribution in [3.05, 3.63) is 0 Å². The third kappa shape index (κ3) is 6.13. The fraction of sp³-hybridized carbons (Fsp3) is 1.00. The largest absolute Gasteiger partial charge is 1.00 e. The van der Waals surface area contributed by atoms with Crippen molar-refractivity contribution in [1.82, 2.24) is 0 Å². The molecule has 0 heterocycles. The van der Waals surface area contributed by atoms with Crippen LogP contribution in [-0.2, 0) is 10.1 Å². The van der Waals surface area contributed by atoms with Crippen LogP contribution in [0.5, 0.6) is 0 Å². The summed E-state index contributed by atoms with van der Waals surface area (Å²) in [6.45, 7) is 1.89. The Morgan fingerprint density at radius 1 is 1.05 bits per heavy atom. The first-order valence-corrected chi connectivity index (χ1v) is 7.24. The number of hydrogen-bond donors (Lipinski definition) is 0. The van der Waals surface area contributed by atoms with Crippen LogP contribution in [0.25, 0.3) is 0 Å². The Kier molecular flexibility index (Phi) is 11.0. The van der Waals surface area contributed by atoms with Crippen LogP contribution in [0.3, 0.4) is 0 Å². The Morgan fingerprint density at radius 3 is 1.90 bits per heavy atom. The average molecular weight is 350 g/mol. The summed E-state index contributed by atoms with van der Waals surface area (Å²) in [4.78, 5) is 0. The van der Waals surface area contributed by atoms with Gasteiger partial charge in [-0.05, 0) is 6.42 Å². The molecule has 0 aromatic heterocycles. The molecule has 0 aliphatic carbocycles. The third-order valence-electron chi connectivity index (χ3n) is 2.66. The summed E-state index contributed by atoms with van der Waals surface area (Å²) in [6.07, 6.45) is -1.67. The second-order valence-electron chi connectivity index (χ2n) is 4.26. The van der Waals surface area contributed by atoms with Crippen molar-refractivity contribution in [2.45, 2.75) is 62.8 Å². The molecule has 0 spiro atoms. The zero-order valence-corrected chi connectivity index (χ0v) is 15.3. The molecule has 1 atom stereocenters. The smallest absolute Gasteiger partial charge is 0.743 e. The predicted octanol–water partition coefficient (Wildman–Crippen LogP) is 0.462. The summed E-state index contributed by atoms with van der Waals surface area (Å²) in [6, 6.07) is 0. The van der Waals surface area contributed by atoms with Crippen molar-refractivity contribution >= 4 is 10.1 Å². The molecule has 1 unspecified atom stereocenters. The Hall–Kier alpha value is 1.20. The maximum absolute atomic E-state index is 13.1. The van der Waals surface area contributed by atoms with Gasteiger partial charge in [-0.25, -0.2) is 12.8 Å². The molecule has 0 saturated carbocycles. The average Bonchev–Trinajstić information content (AvgIpc) is 2.26. The second-order valence-corrected chi connectivity index (χ2v) is 5.69. The quantitative estimate of drug-likeness (QED) is 0.263. The Bertz CT molecular complexity index is 375. The summed E-state index contributed by atoms with van der Waals surface area (Å²) >= 11 is 0. The zero-order valence-electron chi connectivity index (χ0n) is 11.3. The van der Waals surface area contributed by atoms with Crippen molar-refractivity contribution in [2.75, 3.05) is 0 Å². The molecule has 20 heavy (non-hydrogen) atoms. The molecule has 10 heteroatoms. The van der Waals surface area contributed by atoms with Crippen molar-refractivity contribution < 1.29 is 86.3 Å². The van der Waals surface area contributed by atoms with Gasteiger partial charge in [0.2, 0.25) is 0 Å². The number of unbranched alkanes of at least 4 members (excludes halogenated alkanes) is 4. The predicted molar refractivity (Wildman–Crippen MR) is 57.9 cm³/mol. The van der Waals surface area contributed by atoms with E-state index in [1.807, 2.05) is 6.92 Å². The van der Waals surface area contributed by atoms with Crippen LogP contribution in [0.1, 0.15) is 45.4 Å². The van der Waals surface area contributed by atoms with Crippen molar-refractivity contribution in [1.29, 1.82) is 0 Å². The van der Waals surface area contributed by atoms with Gasteiger partial charge >= 0.3 is 62.6 Å². The van der Waals surface area contributed by atoms with Gasteiger partial charge in [0.1, 0.15) is 0 Å². The minimum Gasteiger partial charge on any atom is -0.743 e. The van der Waals surface area contributed by atoms with Gasteiger partial charge in [-0.3, -0.25) is 0 Å². The molecule has 0 bridgehead atoms. The van der Waals surface area contributed by atoms with E-state index in [0.29, 0.717) is 12.8 Å². The van der Waals surface area contributed by atoms with Crippen molar-refractivity contribution in [2.24, 2.45) is 0 Å². The molecule has 0 aliphatic heterocycles. The molecule has 0 aromatic carbocycles. The Balaban J connectivity index is 0. The van der Waals surface area contributed by atoms with Gasteiger partial charge in [0.25, 0.3) is 0 Å². The number of rotatable bonds is 9. The molecule has 0 saturated heterocycles. The van der Waals surface area contributed by atoms with Crippen LogP contribution in [0, 0.1) is 0 Å². The first-order chi connectivity index (χ1) is 8.48. The van der Waals surface area contributed by atoms with Crippen LogP contribution < -0.4 is 51.4 Å². The normalized spacial score (nSPS) is 14.8. The van der Waals surface area contributed by atoms with Gasteiger partial charge in [-0.15, -0.1) is 0 Å². The third-order valence-corrected chi connectivity index (χ3v) is 3.56. The van der Waals surface area contributed by atoms with E-state index in [9.17, 15) is 34.9 Å². The Labute approximate surface area is 157 Å². The van der Waals surface area contributed by atoms with Gasteiger partial charge in [0, 0.05) is 0 Å². The fourth-order valence-corrected chi connectivity index (χ4v) is 1.92. The van der Waals surface area contributed by atoms with Crippen LogP contribution >= 0.6 is 0 Å².